The van der Waals surface area contributed by atoms with Gasteiger partial charge in [-0.05, 0) is 43.5 Å². The van der Waals surface area contributed by atoms with Gasteiger partial charge in [-0.15, -0.1) is 0 Å². The smallest absolute Gasteiger partial charge is 0.357 e. The summed E-state index contributed by atoms with van der Waals surface area (Å²) in [7, 11) is 0. The van der Waals surface area contributed by atoms with Crippen LogP contribution in [0.5, 0.6) is 0 Å². The molecule has 0 unspecified atom stereocenters. The average molecular weight is 364 g/mol. The van der Waals surface area contributed by atoms with Crippen LogP contribution in [0.2, 0.25) is 0 Å². The van der Waals surface area contributed by atoms with Crippen LogP contribution in [0, 0.1) is 12.8 Å². The molecule has 1 N–H and O–H groups in total. The van der Waals surface area contributed by atoms with E-state index in [1.165, 1.54) is 6.07 Å². The molecule has 0 aliphatic carbocycles. The number of hydrogen-bond acceptors (Lipinski definition) is 4. The highest BCUT2D eigenvalue weighted by Crippen LogP contribution is 2.30. The zero-order chi connectivity index (χ0) is 18.7. The zero-order valence-corrected chi connectivity index (χ0v) is 14.3. The Morgan fingerprint density at radius 1 is 1.19 bits per heavy atom. The number of rotatable bonds is 3. The lowest BCUT2D eigenvalue weighted by molar-refractivity contribution is -0.141. The third kappa shape index (κ3) is 4.30. The molecule has 2 aromatic rings. The molecule has 0 bridgehead atoms. The number of aromatic nitrogens is 2. The lowest BCUT2D eigenvalue weighted by Crippen LogP contribution is -2.38. The first-order valence-electron chi connectivity index (χ1n) is 8.35. The van der Waals surface area contributed by atoms with Gasteiger partial charge in [0.2, 0.25) is 5.91 Å². The average Bonchev–Trinajstić information content (AvgIpc) is 2.63. The first-order chi connectivity index (χ1) is 12.3. The molecule has 1 aliphatic rings. The van der Waals surface area contributed by atoms with E-state index in [-0.39, 0.29) is 11.8 Å². The summed E-state index contributed by atoms with van der Waals surface area (Å²) >= 11 is 0. The normalized spacial score (nSPS) is 15.8. The van der Waals surface area contributed by atoms with Gasteiger partial charge in [0.25, 0.3) is 0 Å². The number of amides is 1. The standard InChI is InChI=1S/C18H19F3N4O/c1-12-5-6-15(22-11-12)24-17(26)13-7-9-25(10-8-13)16-4-2-3-14(23-16)18(19,20)21/h2-6,11,13H,7-10H2,1H3,(H,22,24,26). The van der Waals surface area contributed by atoms with Crippen LogP contribution in [-0.2, 0) is 11.0 Å². The summed E-state index contributed by atoms with van der Waals surface area (Å²) in [6.45, 7) is 2.87. The number of halogens is 3. The van der Waals surface area contributed by atoms with Gasteiger partial charge in [-0.2, -0.15) is 13.2 Å². The van der Waals surface area contributed by atoms with Crippen molar-refractivity contribution in [2.24, 2.45) is 5.92 Å². The summed E-state index contributed by atoms with van der Waals surface area (Å²) in [5.41, 5.74) is 0.102. The van der Waals surface area contributed by atoms with E-state index in [4.69, 9.17) is 0 Å². The van der Waals surface area contributed by atoms with Crippen molar-refractivity contribution in [1.29, 1.82) is 0 Å². The predicted octanol–water partition coefficient (Wildman–Crippen LogP) is 3.66. The van der Waals surface area contributed by atoms with Gasteiger partial charge >= 0.3 is 6.18 Å². The molecule has 1 saturated heterocycles. The molecule has 1 amide bonds. The highest BCUT2D eigenvalue weighted by atomic mass is 19.4. The second-order valence-electron chi connectivity index (χ2n) is 6.35. The molecule has 1 fully saturated rings. The SMILES string of the molecule is Cc1ccc(NC(=O)C2CCN(c3cccc(C(F)(F)F)n3)CC2)nc1. The van der Waals surface area contributed by atoms with E-state index in [9.17, 15) is 18.0 Å². The van der Waals surface area contributed by atoms with Gasteiger partial charge in [0.1, 0.15) is 17.3 Å². The molecule has 0 aromatic carbocycles. The van der Waals surface area contributed by atoms with E-state index in [0.717, 1.165) is 11.6 Å². The third-order valence-electron chi connectivity index (χ3n) is 4.38. The van der Waals surface area contributed by atoms with Crippen LogP contribution in [0.3, 0.4) is 0 Å². The summed E-state index contributed by atoms with van der Waals surface area (Å²) in [5, 5.41) is 2.79. The Hall–Kier alpha value is -2.64. The minimum absolute atomic E-state index is 0.113. The Morgan fingerprint density at radius 2 is 1.92 bits per heavy atom. The number of carbonyl (C=O) groups excluding carboxylic acids is 1. The minimum atomic E-state index is -4.46. The topological polar surface area (TPSA) is 58.1 Å². The fourth-order valence-electron chi connectivity index (χ4n) is 2.90. The van der Waals surface area contributed by atoms with Crippen LogP contribution in [0.4, 0.5) is 24.8 Å². The van der Waals surface area contributed by atoms with Crippen LogP contribution in [-0.4, -0.2) is 29.0 Å². The Balaban J connectivity index is 1.59. The lowest BCUT2D eigenvalue weighted by atomic mass is 9.96. The largest absolute Gasteiger partial charge is 0.433 e. The predicted molar refractivity (Wildman–Crippen MR) is 91.8 cm³/mol. The number of nitrogens with one attached hydrogen (secondary N) is 1. The van der Waals surface area contributed by atoms with Crippen LogP contribution in [0.25, 0.3) is 0 Å². The molecule has 2 aromatic heterocycles. The molecular formula is C18H19F3N4O. The highest BCUT2D eigenvalue weighted by molar-refractivity contribution is 5.91. The van der Waals surface area contributed by atoms with Gasteiger partial charge in [-0.1, -0.05) is 12.1 Å². The molecule has 5 nitrogen and oxygen atoms in total. The van der Waals surface area contributed by atoms with Crippen molar-refractivity contribution >= 4 is 17.5 Å². The quantitative estimate of drug-likeness (QED) is 0.903. The monoisotopic (exact) mass is 364 g/mol. The molecule has 1 aliphatic heterocycles. The first kappa shape index (κ1) is 18.2. The molecule has 3 rings (SSSR count). The maximum Gasteiger partial charge on any atom is 0.433 e. The molecule has 0 radical (unpaired) electrons. The summed E-state index contributed by atoms with van der Waals surface area (Å²) in [6, 6.07) is 7.48. The Morgan fingerprint density at radius 3 is 2.54 bits per heavy atom. The second-order valence-corrected chi connectivity index (χ2v) is 6.35. The number of pyridine rings is 2. The molecule has 0 atom stereocenters. The van der Waals surface area contributed by atoms with Gasteiger partial charge in [0, 0.05) is 25.2 Å². The second kappa shape index (κ2) is 7.31. The van der Waals surface area contributed by atoms with Crippen LogP contribution in [0.1, 0.15) is 24.1 Å². The van der Waals surface area contributed by atoms with Crippen molar-refractivity contribution in [3.8, 4) is 0 Å². The molecule has 3 heterocycles. The van der Waals surface area contributed by atoms with Crippen molar-refractivity contribution in [1.82, 2.24) is 9.97 Å². The van der Waals surface area contributed by atoms with E-state index in [1.807, 2.05) is 13.0 Å². The van der Waals surface area contributed by atoms with Crippen molar-refractivity contribution in [2.45, 2.75) is 25.9 Å². The van der Waals surface area contributed by atoms with Crippen molar-refractivity contribution in [3.05, 3.63) is 47.8 Å². The summed E-state index contributed by atoms with van der Waals surface area (Å²) in [6.07, 6.45) is -1.68. The third-order valence-corrected chi connectivity index (χ3v) is 4.38. The van der Waals surface area contributed by atoms with Gasteiger partial charge in [0.05, 0.1) is 0 Å². The minimum Gasteiger partial charge on any atom is -0.357 e. The fourth-order valence-corrected chi connectivity index (χ4v) is 2.90. The van der Waals surface area contributed by atoms with Crippen LogP contribution in [0.15, 0.2) is 36.5 Å². The Kier molecular flexibility index (Phi) is 5.11. The van der Waals surface area contributed by atoms with E-state index < -0.39 is 11.9 Å². The Bertz CT molecular complexity index is 769. The number of carbonyl (C=O) groups is 1. The van der Waals surface area contributed by atoms with Crippen molar-refractivity contribution in [2.75, 3.05) is 23.3 Å². The number of aryl methyl sites for hydroxylation is 1. The van der Waals surface area contributed by atoms with E-state index in [1.54, 1.807) is 23.2 Å². The summed E-state index contributed by atoms with van der Waals surface area (Å²) < 4.78 is 38.4. The maximum absolute atomic E-state index is 12.8. The fraction of sp³-hybridized carbons (Fsp3) is 0.389. The van der Waals surface area contributed by atoms with Gasteiger partial charge in [-0.25, -0.2) is 9.97 Å². The molecule has 0 saturated carbocycles. The number of nitrogens with zero attached hydrogens (tertiary/aromatic N) is 3. The molecule has 26 heavy (non-hydrogen) atoms. The van der Waals surface area contributed by atoms with Gasteiger partial charge in [0.15, 0.2) is 0 Å². The van der Waals surface area contributed by atoms with E-state index in [2.05, 4.69) is 15.3 Å². The number of alkyl halides is 3. The van der Waals surface area contributed by atoms with Crippen molar-refractivity contribution in [3.63, 3.8) is 0 Å². The first-order valence-corrected chi connectivity index (χ1v) is 8.35. The number of hydrogen-bond donors (Lipinski definition) is 1. The van der Waals surface area contributed by atoms with Crippen LogP contribution < -0.4 is 10.2 Å². The number of piperidine rings is 1. The van der Waals surface area contributed by atoms with Crippen LogP contribution >= 0.6 is 0 Å². The summed E-state index contributed by atoms with van der Waals surface area (Å²) in [4.78, 5) is 22.0. The van der Waals surface area contributed by atoms with Crippen molar-refractivity contribution < 1.29 is 18.0 Å². The molecular weight excluding hydrogens is 345 g/mol. The number of anilines is 2. The lowest BCUT2D eigenvalue weighted by Gasteiger charge is -2.32. The van der Waals surface area contributed by atoms with E-state index in [0.29, 0.717) is 37.6 Å². The highest BCUT2D eigenvalue weighted by Gasteiger charge is 2.33. The van der Waals surface area contributed by atoms with E-state index >= 15 is 0 Å². The molecule has 138 valence electrons. The maximum atomic E-state index is 12.8. The molecule has 8 heteroatoms. The molecule has 0 spiro atoms. The zero-order valence-electron chi connectivity index (χ0n) is 14.3. The van der Waals surface area contributed by atoms with Gasteiger partial charge < -0.3 is 10.2 Å². The Labute approximate surface area is 149 Å². The summed E-state index contributed by atoms with van der Waals surface area (Å²) in [5.74, 6) is 0.486. The van der Waals surface area contributed by atoms with Gasteiger partial charge in [-0.3, -0.25) is 4.79 Å².